The highest BCUT2D eigenvalue weighted by Gasteiger charge is 2.36. The Morgan fingerprint density at radius 2 is 1.23 bits per heavy atom. The van der Waals surface area contributed by atoms with Gasteiger partial charge in [-0.1, -0.05) is 58.4 Å². The first kappa shape index (κ1) is 30.8. The minimum Gasteiger partial charge on any atom is -0.417 e. The van der Waals surface area contributed by atoms with Gasteiger partial charge in [-0.25, -0.2) is 0 Å². The van der Waals surface area contributed by atoms with E-state index in [1.165, 1.54) is 24.0 Å². The van der Waals surface area contributed by atoms with E-state index in [1.54, 1.807) is 0 Å². The number of carbonyl (C=O) groups is 1. The van der Waals surface area contributed by atoms with Gasteiger partial charge in [0.2, 0.25) is 0 Å². The summed E-state index contributed by atoms with van der Waals surface area (Å²) in [4.78, 5) is 13.4. The van der Waals surface area contributed by atoms with E-state index in [2.05, 4.69) is 94.2 Å². The Morgan fingerprint density at radius 1 is 0.718 bits per heavy atom. The molecule has 0 fully saturated rings. The number of hydrogen-bond donors (Lipinski definition) is 0. The topological polar surface area (TPSA) is 38.8 Å². The lowest BCUT2D eigenvalue weighted by Gasteiger charge is -2.36. The average Bonchev–Trinajstić information content (AvgIpc) is 2.92. The summed E-state index contributed by atoms with van der Waals surface area (Å²) in [7, 11) is -1.68. The molecule has 210 valence electrons. The lowest BCUT2D eigenvalue weighted by Crippen LogP contribution is -2.41. The highest BCUT2D eigenvalue weighted by molar-refractivity contribution is 6.74. The molecule has 0 aliphatic rings. The van der Waals surface area contributed by atoms with E-state index in [-0.39, 0.29) is 5.04 Å². The molecule has 0 aliphatic heterocycles. The molecule has 0 bridgehead atoms. The van der Waals surface area contributed by atoms with Crippen molar-refractivity contribution >= 4 is 31.7 Å². The first-order valence-electron chi connectivity index (χ1n) is 14.4. The van der Waals surface area contributed by atoms with Crippen LogP contribution in [0.5, 0.6) is 0 Å². The molecule has 3 aromatic rings. The van der Waals surface area contributed by atoms with Crippen LogP contribution in [0, 0.1) is 0 Å². The standard InChI is InChI=1S/C34H47NO3Si/c1-7-8-10-28-11-17-31(18-12-28)35(33-21-15-30(27-36)16-22-33)32-19-13-29(14-20-32)23-26-37-24-9-25-38-39(5,6)34(2,3)4/h11-22,27H,7-10,23-26H2,1-6H3. The minimum atomic E-state index is -1.68. The second kappa shape index (κ2) is 14.6. The lowest BCUT2D eigenvalue weighted by molar-refractivity contribution is 0.112. The van der Waals surface area contributed by atoms with Gasteiger partial charge in [0.05, 0.1) is 6.61 Å². The fourth-order valence-electron chi connectivity index (χ4n) is 4.15. The number of ether oxygens (including phenoxy) is 1. The Morgan fingerprint density at radius 3 is 1.72 bits per heavy atom. The van der Waals surface area contributed by atoms with E-state index in [0.29, 0.717) is 12.2 Å². The van der Waals surface area contributed by atoms with E-state index in [1.807, 2.05) is 24.3 Å². The summed E-state index contributed by atoms with van der Waals surface area (Å²) < 4.78 is 12.2. The van der Waals surface area contributed by atoms with Crippen LogP contribution in [-0.4, -0.2) is 34.4 Å². The number of aryl methyl sites for hydroxylation is 1. The van der Waals surface area contributed by atoms with Gasteiger partial charge in [0.1, 0.15) is 6.29 Å². The zero-order valence-electron chi connectivity index (χ0n) is 24.8. The molecular formula is C34H47NO3Si. The Labute approximate surface area is 237 Å². The van der Waals surface area contributed by atoms with Gasteiger partial charge >= 0.3 is 0 Å². The van der Waals surface area contributed by atoms with Crippen molar-refractivity contribution < 1.29 is 14.0 Å². The van der Waals surface area contributed by atoms with E-state index in [0.717, 1.165) is 55.8 Å². The fraction of sp³-hybridized carbons (Fsp3) is 0.441. The maximum absolute atomic E-state index is 11.2. The predicted octanol–water partition coefficient (Wildman–Crippen LogP) is 9.28. The van der Waals surface area contributed by atoms with Crippen molar-refractivity contribution in [2.75, 3.05) is 24.7 Å². The van der Waals surface area contributed by atoms with Crippen LogP contribution in [0.2, 0.25) is 18.1 Å². The molecule has 39 heavy (non-hydrogen) atoms. The van der Waals surface area contributed by atoms with Gasteiger partial charge in [0, 0.05) is 35.8 Å². The van der Waals surface area contributed by atoms with Gasteiger partial charge in [-0.05, 0) is 103 Å². The Bertz CT molecular complexity index is 1130. The molecule has 0 aliphatic carbocycles. The Balaban J connectivity index is 1.60. The largest absolute Gasteiger partial charge is 0.417 e. The number of anilines is 3. The minimum absolute atomic E-state index is 0.243. The Hall–Kier alpha value is -2.73. The second-order valence-corrected chi connectivity index (χ2v) is 16.6. The van der Waals surface area contributed by atoms with E-state index in [9.17, 15) is 4.79 Å². The molecule has 0 unspecified atom stereocenters. The molecule has 0 amide bonds. The SMILES string of the molecule is CCCCc1ccc(N(c2ccc(C=O)cc2)c2ccc(CCOCCCO[Si](C)(C)C(C)(C)C)cc2)cc1. The molecular weight excluding hydrogens is 498 g/mol. The highest BCUT2D eigenvalue weighted by atomic mass is 28.4. The van der Waals surface area contributed by atoms with Crippen LogP contribution in [0.15, 0.2) is 72.8 Å². The molecule has 4 nitrogen and oxygen atoms in total. The molecule has 0 aromatic heterocycles. The molecule has 0 radical (unpaired) electrons. The van der Waals surface area contributed by atoms with E-state index < -0.39 is 8.32 Å². The third kappa shape index (κ3) is 9.16. The molecule has 0 N–H and O–H groups in total. The van der Waals surface area contributed by atoms with Crippen LogP contribution in [0.4, 0.5) is 17.1 Å². The first-order chi connectivity index (χ1) is 18.6. The summed E-state index contributed by atoms with van der Waals surface area (Å²) in [5.74, 6) is 0. The van der Waals surface area contributed by atoms with Crippen LogP contribution in [-0.2, 0) is 22.0 Å². The second-order valence-electron chi connectivity index (χ2n) is 11.8. The van der Waals surface area contributed by atoms with Crippen LogP contribution in [0.3, 0.4) is 0 Å². The monoisotopic (exact) mass is 545 g/mol. The first-order valence-corrected chi connectivity index (χ1v) is 17.3. The van der Waals surface area contributed by atoms with Crippen LogP contribution >= 0.6 is 0 Å². The van der Waals surface area contributed by atoms with Crippen molar-refractivity contribution in [2.24, 2.45) is 0 Å². The maximum Gasteiger partial charge on any atom is 0.191 e. The molecule has 0 heterocycles. The van der Waals surface area contributed by atoms with Gasteiger partial charge < -0.3 is 14.1 Å². The summed E-state index contributed by atoms with van der Waals surface area (Å²) in [6, 6.07) is 25.3. The van der Waals surface area contributed by atoms with Crippen molar-refractivity contribution in [3.05, 3.63) is 89.5 Å². The van der Waals surface area contributed by atoms with Gasteiger partial charge in [-0.3, -0.25) is 4.79 Å². The molecule has 0 saturated heterocycles. The molecule has 0 spiro atoms. The van der Waals surface area contributed by atoms with Crippen LogP contribution in [0.25, 0.3) is 0 Å². The molecule has 0 saturated carbocycles. The maximum atomic E-state index is 11.2. The van der Waals surface area contributed by atoms with Crippen molar-refractivity contribution in [3.8, 4) is 0 Å². The van der Waals surface area contributed by atoms with Crippen molar-refractivity contribution in [2.45, 2.75) is 77.9 Å². The smallest absolute Gasteiger partial charge is 0.191 e. The summed E-state index contributed by atoms with van der Waals surface area (Å²) in [5, 5.41) is 0.243. The van der Waals surface area contributed by atoms with Crippen molar-refractivity contribution in [1.82, 2.24) is 0 Å². The van der Waals surface area contributed by atoms with E-state index >= 15 is 0 Å². The number of carbonyl (C=O) groups excluding carboxylic acids is 1. The number of benzene rings is 3. The quantitative estimate of drug-likeness (QED) is 0.108. The van der Waals surface area contributed by atoms with Gasteiger partial charge in [0.15, 0.2) is 8.32 Å². The number of aldehydes is 1. The number of unbranched alkanes of at least 4 members (excludes halogenated alkanes) is 1. The zero-order chi connectivity index (χ0) is 28.3. The normalized spacial score (nSPS) is 11.9. The third-order valence-corrected chi connectivity index (χ3v) is 12.3. The van der Waals surface area contributed by atoms with Gasteiger partial charge in [0.25, 0.3) is 0 Å². The number of rotatable bonds is 15. The van der Waals surface area contributed by atoms with Crippen LogP contribution in [0.1, 0.15) is 68.4 Å². The third-order valence-electron chi connectivity index (χ3n) is 7.73. The Kier molecular flexibility index (Phi) is 11.5. The lowest BCUT2D eigenvalue weighted by atomic mass is 10.1. The average molecular weight is 546 g/mol. The molecule has 3 aromatic carbocycles. The number of hydrogen-bond acceptors (Lipinski definition) is 4. The molecule has 5 heteroatoms. The summed E-state index contributed by atoms with van der Waals surface area (Å²) in [6.07, 6.45) is 6.19. The van der Waals surface area contributed by atoms with Gasteiger partial charge in [-0.2, -0.15) is 0 Å². The fourth-order valence-corrected chi connectivity index (χ4v) is 5.24. The predicted molar refractivity (Wildman–Crippen MR) is 167 cm³/mol. The van der Waals surface area contributed by atoms with Crippen molar-refractivity contribution in [1.29, 1.82) is 0 Å². The molecule has 3 rings (SSSR count). The van der Waals surface area contributed by atoms with Gasteiger partial charge in [-0.15, -0.1) is 0 Å². The molecule has 0 atom stereocenters. The number of nitrogens with zero attached hydrogens (tertiary/aromatic N) is 1. The van der Waals surface area contributed by atoms with Crippen molar-refractivity contribution in [3.63, 3.8) is 0 Å². The highest BCUT2D eigenvalue weighted by Crippen LogP contribution is 2.37. The summed E-state index contributed by atoms with van der Waals surface area (Å²) >= 11 is 0. The summed E-state index contributed by atoms with van der Waals surface area (Å²) in [5.41, 5.74) is 6.50. The van der Waals surface area contributed by atoms with Crippen LogP contribution < -0.4 is 4.90 Å². The zero-order valence-corrected chi connectivity index (χ0v) is 25.8. The van der Waals surface area contributed by atoms with E-state index in [4.69, 9.17) is 9.16 Å². The summed E-state index contributed by atoms with van der Waals surface area (Å²) in [6.45, 7) is 15.8.